The molecule has 0 saturated heterocycles. The van der Waals surface area contributed by atoms with Gasteiger partial charge in [0, 0.05) is 32.1 Å². The summed E-state index contributed by atoms with van der Waals surface area (Å²) in [5.41, 5.74) is 5.02. The lowest BCUT2D eigenvalue weighted by molar-refractivity contribution is 0.480. The van der Waals surface area contributed by atoms with Crippen molar-refractivity contribution < 1.29 is 5.11 Å². The van der Waals surface area contributed by atoms with Crippen LogP contribution in [0, 0.1) is 11.3 Å². The molecule has 0 atom stereocenters. The van der Waals surface area contributed by atoms with Gasteiger partial charge in [-0.1, -0.05) is 65.7 Å². The molecule has 0 saturated carbocycles. The van der Waals surface area contributed by atoms with Crippen LogP contribution in [0.15, 0.2) is 72.8 Å². The second kappa shape index (κ2) is 7.11. The monoisotopic (exact) mass is 428 g/mol. The SMILES string of the molecule is N#Cc1c(-c2ccc(Cl)cc2)c(-c2ccc(Cl)cc2)c2[nH]c3ccccc3c2c1O. The van der Waals surface area contributed by atoms with E-state index in [2.05, 4.69) is 11.1 Å². The quantitative estimate of drug-likeness (QED) is 0.305. The van der Waals surface area contributed by atoms with Crippen molar-refractivity contribution >= 4 is 45.0 Å². The summed E-state index contributed by atoms with van der Waals surface area (Å²) in [7, 11) is 0. The minimum absolute atomic E-state index is 0.0346. The summed E-state index contributed by atoms with van der Waals surface area (Å²) in [5.74, 6) is -0.0346. The number of nitriles is 1. The fraction of sp³-hybridized carbons (Fsp3) is 0. The van der Waals surface area contributed by atoms with Crippen LogP contribution in [0.5, 0.6) is 5.75 Å². The average Bonchev–Trinajstić information content (AvgIpc) is 3.15. The second-order valence-corrected chi connectivity index (χ2v) is 7.89. The maximum absolute atomic E-state index is 11.2. The summed E-state index contributed by atoms with van der Waals surface area (Å²) in [6.07, 6.45) is 0. The van der Waals surface area contributed by atoms with Crippen LogP contribution in [-0.4, -0.2) is 10.1 Å². The third-order valence-corrected chi connectivity index (χ3v) is 5.81. The molecular weight excluding hydrogens is 415 g/mol. The van der Waals surface area contributed by atoms with Crippen LogP contribution in [-0.2, 0) is 0 Å². The van der Waals surface area contributed by atoms with Gasteiger partial charge >= 0.3 is 0 Å². The van der Waals surface area contributed by atoms with Crippen molar-refractivity contribution in [3.8, 4) is 34.1 Å². The molecule has 5 rings (SSSR count). The minimum atomic E-state index is -0.0346. The number of H-pyrrole nitrogens is 1. The number of hydrogen-bond acceptors (Lipinski definition) is 2. The van der Waals surface area contributed by atoms with Gasteiger partial charge in [-0.3, -0.25) is 0 Å². The normalized spacial score (nSPS) is 11.1. The molecular formula is C25H14Cl2N2O. The molecule has 2 N–H and O–H groups in total. The molecule has 3 nitrogen and oxygen atoms in total. The fourth-order valence-corrected chi connectivity index (χ4v) is 4.24. The van der Waals surface area contributed by atoms with Gasteiger partial charge in [-0.15, -0.1) is 0 Å². The van der Waals surface area contributed by atoms with Crippen LogP contribution in [0.25, 0.3) is 44.1 Å². The highest BCUT2D eigenvalue weighted by Crippen LogP contribution is 2.47. The number of phenolic OH excluding ortho intramolecular Hbond substituents is 1. The Morgan fingerprint density at radius 3 is 1.93 bits per heavy atom. The van der Waals surface area contributed by atoms with Gasteiger partial charge in [0.15, 0.2) is 0 Å². The molecule has 5 aromatic rings. The number of rotatable bonds is 2. The summed E-state index contributed by atoms with van der Waals surface area (Å²) in [6.45, 7) is 0. The van der Waals surface area contributed by atoms with Crippen molar-refractivity contribution in [1.29, 1.82) is 5.26 Å². The summed E-state index contributed by atoms with van der Waals surface area (Å²) < 4.78 is 0. The Morgan fingerprint density at radius 1 is 0.767 bits per heavy atom. The number of halogens is 2. The molecule has 5 heteroatoms. The van der Waals surface area contributed by atoms with E-state index in [1.807, 2.05) is 60.7 Å². The van der Waals surface area contributed by atoms with Crippen molar-refractivity contribution in [3.05, 3.63) is 88.4 Å². The maximum Gasteiger partial charge on any atom is 0.144 e. The number of fused-ring (bicyclic) bond motifs is 3. The number of nitrogens with one attached hydrogen (secondary N) is 1. The lowest BCUT2D eigenvalue weighted by Gasteiger charge is -2.16. The number of para-hydroxylation sites is 1. The van der Waals surface area contributed by atoms with Gasteiger partial charge in [-0.2, -0.15) is 5.26 Å². The second-order valence-electron chi connectivity index (χ2n) is 7.02. The molecule has 30 heavy (non-hydrogen) atoms. The fourth-order valence-electron chi connectivity index (χ4n) is 3.99. The van der Waals surface area contributed by atoms with Crippen molar-refractivity contribution in [2.45, 2.75) is 0 Å². The standard InChI is InChI=1S/C25H14Cl2N2O/c26-16-9-5-14(6-10-16)21-19(13-28)25(30)23-18-3-1-2-4-20(18)29-24(23)22(21)15-7-11-17(27)12-8-15/h1-12,29-30H. The molecule has 1 heterocycles. The van der Waals surface area contributed by atoms with Gasteiger partial charge in [0.2, 0.25) is 0 Å². The molecule has 0 aliphatic rings. The molecule has 0 aliphatic carbocycles. The van der Waals surface area contributed by atoms with Crippen LogP contribution in [0.4, 0.5) is 0 Å². The average molecular weight is 429 g/mol. The Balaban J connectivity index is 2.02. The van der Waals surface area contributed by atoms with Gasteiger partial charge in [0.1, 0.15) is 17.4 Å². The Kier molecular flexibility index (Phi) is 4.40. The van der Waals surface area contributed by atoms with Crippen LogP contribution < -0.4 is 0 Å². The van der Waals surface area contributed by atoms with Crippen molar-refractivity contribution in [3.63, 3.8) is 0 Å². The Bertz CT molecular complexity index is 1460. The number of aromatic amines is 1. The van der Waals surface area contributed by atoms with E-state index in [1.165, 1.54) is 0 Å². The van der Waals surface area contributed by atoms with Gasteiger partial charge in [0.05, 0.1) is 10.9 Å². The van der Waals surface area contributed by atoms with Crippen LogP contribution >= 0.6 is 23.2 Å². The first kappa shape index (κ1) is 18.6. The van der Waals surface area contributed by atoms with Gasteiger partial charge in [-0.05, 0) is 41.5 Å². The summed E-state index contributed by atoms with van der Waals surface area (Å²) >= 11 is 12.2. The highest BCUT2D eigenvalue weighted by Gasteiger charge is 2.24. The minimum Gasteiger partial charge on any atom is -0.506 e. The summed E-state index contributed by atoms with van der Waals surface area (Å²) in [5, 5.41) is 23.9. The lowest BCUT2D eigenvalue weighted by atomic mass is 9.88. The smallest absolute Gasteiger partial charge is 0.144 e. The Hall–Kier alpha value is -3.45. The highest BCUT2D eigenvalue weighted by atomic mass is 35.5. The molecule has 0 aliphatic heterocycles. The van der Waals surface area contributed by atoms with E-state index in [0.717, 1.165) is 33.1 Å². The third-order valence-electron chi connectivity index (χ3n) is 5.31. The molecule has 0 unspecified atom stereocenters. The molecule has 1 aromatic heterocycles. The van der Waals surface area contributed by atoms with Crippen molar-refractivity contribution in [2.24, 2.45) is 0 Å². The molecule has 0 amide bonds. The molecule has 0 radical (unpaired) electrons. The summed E-state index contributed by atoms with van der Waals surface area (Å²) in [6, 6.07) is 24.7. The Morgan fingerprint density at radius 2 is 1.33 bits per heavy atom. The number of benzene rings is 4. The predicted molar refractivity (Wildman–Crippen MR) is 123 cm³/mol. The van der Waals surface area contributed by atoms with E-state index in [0.29, 0.717) is 21.0 Å². The van der Waals surface area contributed by atoms with Gasteiger partial charge in [-0.25, -0.2) is 0 Å². The topological polar surface area (TPSA) is 59.8 Å². The number of phenols is 1. The van der Waals surface area contributed by atoms with Crippen LogP contribution in [0.2, 0.25) is 10.0 Å². The Labute approximate surface area is 182 Å². The number of nitrogens with zero attached hydrogens (tertiary/aromatic N) is 1. The summed E-state index contributed by atoms with van der Waals surface area (Å²) in [4.78, 5) is 3.44. The molecule has 0 bridgehead atoms. The third kappa shape index (κ3) is 2.81. The zero-order chi connectivity index (χ0) is 20.8. The van der Waals surface area contributed by atoms with E-state index in [9.17, 15) is 10.4 Å². The highest BCUT2D eigenvalue weighted by molar-refractivity contribution is 6.31. The zero-order valence-electron chi connectivity index (χ0n) is 15.6. The van der Waals surface area contributed by atoms with Crippen molar-refractivity contribution in [2.75, 3.05) is 0 Å². The largest absolute Gasteiger partial charge is 0.506 e. The maximum atomic E-state index is 11.2. The van der Waals surface area contributed by atoms with E-state index >= 15 is 0 Å². The molecule has 4 aromatic carbocycles. The number of aromatic nitrogens is 1. The molecule has 144 valence electrons. The number of aromatic hydroxyl groups is 1. The molecule has 0 spiro atoms. The first-order chi connectivity index (χ1) is 14.6. The lowest BCUT2D eigenvalue weighted by Crippen LogP contribution is -1.93. The molecule has 0 fully saturated rings. The predicted octanol–water partition coefficient (Wildman–Crippen LogP) is 7.54. The van der Waals surface area contributed by atoms with E-state index in [4.69, 9.17) is 23.2 Å². The van der Waals surface area contributed by atoms with Gasteiger partial charge < -0.3 is 10.1 Å². The van der Waals surface area contributed by atoms with Crippen molar-refractivity contribution in [1.82, 2.24) is 4.98 Å². The number of hydrogen-bond donors (Lipinski definition) is 2. The van der Waals surface area contributed by atoms with E-state index in [-0.39, 0.29) is 11.3 Å². The van der Waals surface area contributed by atoms with E-state index < -0.39 is 0 Å². The first-order valence-electron chi connectivity index (χ1n) is 9.30. The van der Waals surface area contributed by atoms with E-state index in [1.54, 1.807) is 12.1 Å². The first-order valence-corrected chi connectivity index (χ1v) is 10.1. The van der Waals surface area contributed by atoms with Gasteiger partial charge in [0.25, 0.3) is 0 Å². The zero-order valence-corrected chi connectivity index (χ0v) is 17.1. The van der Waals surface area contributed by atoms with Crippen LogP contribution in [0.3, 0.4) is 0 Å². The van der Waals surface area contributed by atoms with Crippen LogP contribution in [0.1, 0.15) is 5.56 Å².